The molecule has 1 rings (SSSR count). The summed E-state index contributed by atoms with van der Waals surface area (Å²) in [5.41, 5.74) is 0.0525. The van der Waals surface area contributed by atoms with Crippen molar-refractivity contribution >= 4 is 5.97 Å². The number of carbonyl (C=O) groups is 1. The third kappa shape index (κ3) is 5.42. The second-order valence-electron chi connectivity index (χ2n) is 5.18. The first-order chi connectivity index (χ1) is 10.9. The summed E-state index contributed by atoms with van der Waals surface area (Å²) in [6.45, 7) is 5.38. The monoisotopic (exact) mass is 322 g/mol. The Morgan fingerprint density at radius 3 is 2.78 bits per heavy atom. The maximum absolute atomic E-state index is 12.0. The van der Waals surface area contributed by atoms with E-state index in [0.29, 0.717) is 12.2 Å². The average molecular weight is 322 g/mol. The molecule has 0 aliphatic heterocycles. The SMILES string of the molecule is CCCCOC(CCn1c(O)c(C#N)c(C)cc1=O)OC(C)=O. The first kappa shape index (κ1) is 18.7. The maximum Gasteiger partial charge on any atom is 0.304 e. The summed E-state index contributed by atoms with van der Waals surface area (Å²) in [6.07, 6.45) is 1.17. The quantitative estimate of drug-likeness (QED) is 0.445. The molecule has 0 bridgehead atoms. The van der Waals surface area contributed by atoms with E-state index in [1.165, 1.54) is 13.0 Å². The average Bonchev–Trinajstić information content (AvgIpc) is 2.46. The summed E-state index contributed by atoms with van der Waals surface area (Å²) < 4.78 is 11.6. The van der Waals surface area contributed by atoms with Crippen LogP contribution in [0.15, 0.2) is 10.9 Å². The fourth-order valence-corrected chi connectivity index (χ4v) is 2.06. The van der Waals surface area contributed by atoms with Crippen molar-refractivity contribution in [3.05, 3.63) is 27.5 Å². The summed E-state index contributed by atoms with van der Waals surface area (Å²) in [5.74, 6) is -0.864. The van der Waals surface area contributed by atoms with Gasteiger partial charge >= 0.3 is 5.97 Å². The predicted octanol–water partition coefficient (Wildman–Crippen LogP) is 1.83. The molecule has 1 atom stereocenters. The van der Waals surface area contributed by atoms with Crippen LogP contribution in [-0.2, 0) is 20.8 Å². The van der Waals surface area contributed by atoms with Crippen LogP contribution < -0.4 is 5.56 Å². The van der Waals surface area contributed by atoms with E-state index >= 15 is 0 Å². The summed E-state index contributed by atoms with van der Waals surface area (Å²) in [6, 6.07) is 3.16. The van der Waals surface area contributed by atoms with Gasteiger partial charge in [-0.05, 0) is 18.9 Å². The van der Waals surface area contributed by atoms with E-state index in [0.717, 1.165) is 17.4 Å². The van der Waals surface area contributed by atoms with E-state index in [4.69, 9.17) is 14.7 Å². The van der Waals surface area contributed by atoms with Gasteiger partial charge in [0.25, 0.3) is 5.56 Å². The molecule has 1 N–H and O–H groups in total. The molecule has 23 heavy (non-hydrogen) atoms. The van der Waals surface area contributed by atoms with Gasteiger partial charge in [-0.15, -0.1) is 0 Å². The zero-order valence-electron chi connectivity index (χ0n) is 13.7. The van der Waals surface area contributed by atoms with Crippen LogP contribution in [0.25, 0.3) is 0 Å². The van der Waals surface area contributed by atoms with Gasteiger partial charge in [0.05, 0.1) is 6.61 Å². The molecule has 1 unspecified atom stereocenters. The van der Waals surface area contributed by atoms with Gasteiger partial charge in [0, 0.05) is 26.0 Å². The Hall–Kier alpha value is -2.33. The van der Waals surface area contributed by atoms with Crippen LogP contribution in [0.1, 0.15) is 44.2 Å². The number of hydrogen-bond donors (Lipinski definition) is 1. The standard InChI is InChI=1S/C16H22N2O5/c1-4-5-8-22-15(23-12(3)19)6-7-18-14(20)9-11(2)13(10-17)16(18)21/h9,15,21H,4-8H2,1-3H3. The van der Waals surface area contributed by atoms with E-state index in [9.17, 15) is 14.7 Å². The van der Waals surface area contributed by atoms with E-state index in [2.05, 4.69) is 0 Å². The van der Waals surface area contributed by atoms with E-state index < -0.39 is 17.8 Å². The highest BCUT2D eigenvalue weighted by Gasteiger charge is 2.16. The van der Waals surface area contributed by atoms with Crippen molar-refractivity contribution < 1.29 is 19.4 Å². The number of nitriles is 1. The molecule has 0 saturated carbocycles. The number of hydrogen-bond acceptors (Lipinski definition) is 6. The Morgan fingerprint density at radius 2 is 2.22 bits per heavy atom. The molecular weight excluding hydrogens is 300 g/mol. The van der Waals surface area contributed by atoms with Crippen molar-refractivity contribution in [3.63, 3.8) is 0 Å². The summed E-state index contributed by atoms with van der Waals surface area (Å²) >= 11 is 0. The number of pyridine rings is 1. The zero-order chi connectivity index (χ0) is 17.4. The van der Waals surface area contributed by atoms with Gasteiger partial charge in [0.15, 0.2) is 0 Å². The first-order valence-corrected chi connectivity index (χ1v) is 7.53. The summed E-state index contributed by atoms with van der Waals surface area (Å²) in [5, 5.41) is 19.1. The van der Waals surface area contributed by atoms with Gasteiger partial charge in [-0.2, -0.15) is 5.26 Å². The number of ether oxygens (including phenoxy) is 2. The van der Waals surface area contributed by atoms with Crippen molar-refractivity contribution in [2.75, 3.05) is 6.61 Å². The lowest BCUT2D eigenvalue weighted by Crippen LogP contribution is -2.27. The van der Waals surface area contributed by atoms with Crippen molar-refractivity contribution in [1.82, 2.24) is 4.57 Å². The Bertz CT molecular complexity index is 645. The highest BCUT2D eigenvalue weighted by molar-refractivity contribution is 5.66. The van der Waals surface area contributed by atoms with Crippen molar-refractivity contribution in [2.24, 2.45) is 0 Å². The number of aromatic nitrogens is 1. The molecule has 0 aliphatic rings. The van der Waals surface area contributed by atoms with E-state index in [1.807, 2.05) is 13.0 Å². The maximum atomic E-state index is 12.0. The lowest BCUT2D eigenvalue weighted by atomic mass is 10.1. The van der Waals surface area contributed by atoms with Gasteiger partial charge in [-0.3, -0.25) is 14.2 Å². The lowest BCUT2D eigenvalue weighted by Gasteiger charge is -2.19. The largest absolute Gasteiger partial charge is 0.493 e. The smallest absolute Gasteiger partial charge is 0.304 e. The molecule has 0 fully saturated rings. The first-order valence-electron chi connectivity index (χ1n) is 7.53. The van der Waals surface area contributed by atoms with Crippen LogP contribution in [0.2, 0.25) is 0 Å². The predicted molar refractivity (Wildman–Crippen MR) is 82.8 cm³/mol. The molecule has 0 radical (unpaired) electrons. The normalized spacial score (nSPS) is 11.7. The minimum Gasteiger partial charge on any atom is -0.493 e. The minimum atomic E-state index is -0.794. The molecule has 0 spiro atoms. The summed E-state index contributed by atoms with van der Waals surface area (Å²) in [4.78, 5) is 23.1. The number of aromatic hydroxyl groups is 1. The third-order valence-corrected chi connectivity index (χ3v) is 3.28. The van der Waals surface area contributed by atoms with Crippen molar-refractivity contribution in [2.45, 2.75) is 52.9 Å². The molecule has 1 heterocycles. The molecule has 1 aromatic heterocycles. The van der Waals surface area contributed by atoms with E-state index in [-0.39, 0.29) is 24.4 Å². The van der Waals surface area contributed by atoms with Crippen LogP contribution in [0, 0.1) is 18.3 Å². The van der Waals surface area contributed by atoms with Crippen molar-refractivity contribution in [1.29, 1.82) is 5.26 Å². The third-order valence-electron chi connectivity index (χ3n) is 3.28. The van der Waals surface area contributed by atoms with Gasteiger partial charge in [-0.1, -0.05) is 13.3 Å². The Kier molecular flexibility index (Phi) is 7.29. The lowest BCUT2D eigenvalue weighted by molar-refractivity contribution is -0.178. The fraction of sp³-hybridized carbons (Fsp3) is 0.562. The van der Waals surface area contributed by atoms with Gasteiger partial charge < -0.3 is 14.6 Å². The number of rotatable bonds is 8. The number of esters is 1. The number of aryl methyl sites for hydroxylation is 1. The number of nitrogens with zero attached hydrogens (tertiary/aromatic N) is 2. The van der Waals surface area contributed by atoms with Crippen LogP contribution in [0.4, 0.5) is 0 Å². The topological polar surface area (TPSA) is 102 Å². The second-order valence-corrected chi connectivity index (χ2v) is 5.18. The van der Waals surface area contributed by atoms with Crippen molar-refractivity contribution in [3.8, 4) is 11.9 Å². The number of carbonyl (C=O) groups excluding carboxylic acids is 1. The second kappa shape index (κ2) is 8.96. The molecule has 7 nitrogen and oxygen atoms in total. The fourth-order valence-electron chi connectivity index (χ4n) is 2.06. The molecule has 7 heteroatoms. The van der Waals surface area contributed by atoms with Gasteiger partial charge in [0.1, 0.15) is 11.6 Å². The van der Waals surface area contributed by atoms with E-state index in [1.54, 1.807) is 6.92 Å². The molecule has 1 aromatic rings. The minimum absolute atomic E-state index is 0.0561. The van der Waals surface area contributed by atoms with Crippen LogP contribution in [0.3, 0.4) is 0 Å². The Morgan fingerprint density at radius 1 is 1.52 bits per heavy atom. The highest BCUT2D eigenvalue weighted by Crippen LogP contribution is 2.18. The molecule has 0 aromatic carbocycles. The van der Waals surface area contributed by atoms with Crippen LogP contribution >= 0.6 is 0 Å². The molecular formula is C16H22N2O5. The molecule has 0 aliphatic carbocycles. The summed E-state index contributed by atoms with van der Waals surface area (Å²) in [7, 11) is 0. The van der Waals surface area contributed by atoms with Gasteiger partial charge in [0.2, 0.25) is 12.2 Å². The molecule has 0 amide bonds. The number of unbranched alkanes of at least 4 members (excludes halogenated alkanes) is 1. The Labute approximate surface area is 135 Å². The highest BCUT2D eigenvalue weighted by atomic mass is 16.7. The van der Waals surface area contributed by atoms with Crippen LogP contribution in [0.5, 0.6) is 5.88 Å². The van der Waals surface area contributed by atoms with Gasteiger partial charge in [-0.25, -0.2) is 0 Å². The molecule has 126 valence electrons. The van der Waals surface area contributed by atoms with Crippen LogP contribution in [-0.4, -0.2) is 28.5 Å². The zero-order valence-corrected chi connectivity index (χ0v) is 13.7. The Balaban J connectivity index is 2.87. The molecule has 0 saturated heterocycles.